The van der Waals surface area contributed by atoms with Crippen molar-refractivity contribution in [1.82, 2.24) is 20.1 Å². The summed E-state index contributed by atoms with van der Waals surface area (Å²) in [4.78, 5) is 21.2. The fourth-order valence-electron chi connectivity index (χ4n) is 3.51. The van der Waals surface area contributed by atoms with Crippen LogP contribution in [-0.4, -0.2) is 60.5 Å². The third kappa shape index (κ3) is 4.91. The van der Waals surface area contributed by atoms with Gasteiger partial charge in [0.15, 0.2) is 5.69 Å². The van der Waals surface area contributed by atoms with Crippen molar-refractivity contribution in [1.29, 1.82) is 0 Å². The molecule has 1 N–H and O–H groups in total. The van der Waals surface area contributed by atoms with Crippen LogP contribution in [0.2, 0.25) is 0 Å². The lowest BCUT2D eigenvalue weighted by atomic mass is 10.1. The van der Waals surface area contributed by atoms with Crippen molar-refractivity contribution in [3.63, 3.8) is 0 Å². The number of rotatable bonds is 8. The van der Waals surface area contributed by atoms with Crippen LogP contribution in [0.4, 0.5) is 0 Å². The van der Waals surface area contributed by atoms with E-state index in [0.29, 0.717) is 24.0 Å². The van der Waals surface area contributed by atoms with Gasteiger partial charge in [0.05, 0.1) is 13.7 Å². The van der Waals surface area contributed by atoms with Crippen LogP contribution >= 0.6 is 0 Å². The number of piperazine rings is 1. The van der Waals surface area contributed by atoms with E-state index < -0.39 is 0 Å². The highest BCUT2D eigenvalue weighted by molar-refractivity contribution is 5.91. The zero-order valence-electron chi connectivity index (χ0n) is 16.4. The molecule has 0 radical (unpaired) electrons. The second-order valence-electron chi connectivity index (χ2n) is 7.64. The van der Waals surface area contributed by atoms with Crippen LogP contribution < -0.4 is 10.1 Å². The molecular formula is C21H28N4O3. The molecule has 1 amide bonds. The lowest BCUT2D eigenvalue weighted by Gasteiger charge is -2.34. The maximum absolute atomic E-state index is 12.1. The van der Waals surface area contributed by atoms with Crippen molar-refractivity contribution in [2.75, 3.05) is 39.8 Å². The molecule has 0 atom stereocenters. The fourth-order valence-corrected chi connectivity index (χ4v) is 3.51. The summed E-state index contributed by atoms with van der Waals surface area (Å²) in [5.41, 5.74) is 1.60. The van der Waals surface area contributed by atoms with Gasteiger partial charge in [-0.3, -0.25) is 14.6 Å². The number of hydrogen-bond acceptors (Lipinski definition) is 6. The number of carbonyl (C=O) groups excluding carboxylic acids is 1. The van der Waals surface area contributed by atoms with Crippen LogP contribution in [0, 0.1) is 5.92 Å². The number of benzene rings is 1. The summed E-state index contributed by atoms with van der Waals surface area (Å²) in [6, 6.07) is 8.17. The summed E-state index contributed by atoms with van der Waals surface area (Å²) in [6.07, 6.45) is 3.90. The molecule has 28 heavy (non-hydrogen) atoms. The maximum Gasteiger partial charge on any atom is 0.273 e. The molecule has 1 aliphatic carbocycles. The lowest BCUT2D eigenvalue weighted by Crippen LogP contribution is -2.45. The number of para-hydroxylation sites is 1. The highest BCUT2D eigenvalue weighted by Crippen LogP contribution is 2.27. The topological polar surface area (TPSA) is 70.8 Å². The Balaban J connectivity index is 1.23. The number of ether oxygens (including phenoxy) is 1. The Morgan fingerprint density at radius 3 is 2.61 bits per heavy atom. The van der Waals surface area contributed by atoms with Gasteiger partial charge in [-0.1, -0.05) is 18.2 Å². The van der Waals surface area contributed by atoms with Gasteiger partial charge in [0.1, 0.15) is 12.0 Å². The minimum absolute atomic E-state index is 0.136. The first-order chi connectivity index (χ1) is 13.7. The zero-order chi connectivity index (χ0) is 19.3. The van der Waals surface area contributed by atoms with Gasteiger partial charge in [-0.2, -0.15) is 0 Å². The summed E-state index contributed by atoms with van der Waals surface area (Å²) in [7, 11) is 1.72. The molecule has 1 aromatic carbocycles. The van der Waals surface area contributed by atoms with E-state index in [1.54, 1.807) is 7.11 Å². The average Bonchev–Trinajstić information content (AvgIpc) is 3.44. The molecule has 2 fully saturated rings. The smallest absolute Gasteiger partial charge is 0.273 e. The standard InChI is InChI=1S/C21H28N4O3/c1-27-19-5-3-2-4-17(19)13-24-8-10-25(11-9-24)14-20-23-18(15-28-20)21(26)22-12-16-6-7-16/h2-5,15-16H,6-14H2,1H3,(H,22,26). The fraction of sp³-hybridized carbons (Fsp3) is 0.524. The van der Waals surface area contributed by atoms with Gasteiger partial charge in [-0.05, 0) is 24.8 Å². The molecule has 0 unspecified atom stereocenters. The van der Waals surface area contributed by atoms with Crippen LogP contribution in [0.5, 0.6) is 5.75 Å². The number of nitrogens with one attached hydrogen (secondary N) is 1. The molecule has 2 heterocycles. The van der Waals surface area contributed by atoms with Crippen molar-refractivity contribution in [3.8, 4) is 5.75 Å². The number of methoxy groups -OCH3 is 1. The Kier molecular flexibility index (Phi) is 5.92. The third-order valence-electron chi connectivity index (χ3n) is 5.44. The summed E-state index contributed by atoms with van der Waals surface area (Å²) in [6.45, 7) is 6.12. The molecule has 1 saturated carbocycles. The van der Waals surface area contributed by atoms with Gasteiger partial charge in [0.2, 0.25) is 5.89 Å². The first-order valence-corrected chi connectivity index (χ1v) is 10.0. The van der Waals surface area contributed by atoms with Gasteiger partial charge >= 0.3 is 0 Å². The summed E-state index contributed by atoms with van der Waals surface area (Å²) in [5.74, 6) is 2.07. The van der Waals surface area contributed by atoms with Crippen molar-refractivity contribution >= 4 is 5.91 Å². The Hall–Kier alpha value is -2.38. The van der Waals surface area contributed by atoms with Crippen molar-refractivity contribution < 1.29 is 13.9 Å². The van der Waals surface area contributed by atoms with Crippen LogP contribution in [0.3, 0.4) is 0 Å². The minimum Gasteiger partial charge on any atom is -0.496 e. The van der Waals surface area contributed by atoms with Crippen LogP contribution in [0.15, 0.2) is 34.9 Å². The Morgan fingerprint density at radius 1 is 1.18 bits per heavy atom. The van der Waals surface area contributed by atoms with E-state index in [0.717, 1.165) is 45.0 Å². The van der Waals surface area contributed by atoms with Crippen LogP contribution in [0.25, 0.3) is 0 Å². The SMILES string of the molecule is COc1ccccc1CN1CCN(Cc2nc(C(=O)NCC3CC3)co2)CC1. The first kappa shape index (κ1) is 19.0. The van der Waals surface area contributed by atoms with E-state index >= 15 is 0 Å². The summed E-state index contributed by atoms with van der Waals surface area (Å²) in [5, 5.41) is 2.92. The number of hydrogen-bond donors (Lipinski definition) is 1. The Bertz CT molecular complexity index is 794. The highest BCUT2D eigenvalue weighted by atomic mass is 16.5. The molecule has 1 aliphatic heterocycles. The molecule has 1 saturated heterocycles. The monoisotopic (exact) mass is 384 g/mol. The highest BCUT2D eigenvalue weighted by Gasteiger charge is 2.23. The lowest BCUT2D eigenvalue weighted by molar-refractivity contribution is 0.0946. The van der Waals surface area contributed by atoms with E-state index in [1.807, 2.05) is 12.1 Å². The van der Waals surface area contributed by atoms with Crippen molar-refractivity contribution in [2.45, 2.75) is 25.9 Å². The predicted octanol–water partition coefficient (Wildman–Crippen LogP) is 2.14. The average molecular weight is 384 g/mol. The van der Waals surface area contributed by atoms with E-state index in [1.165, 1.54) is 24.7 Å². The largest absolute Gasteiger partial charge is 0.496 e. The number of carbonyl (C=O) groups is 1. The number of aromatic nitrogens is 1. The molecule has 0 spiro atoms. The minimum atomic E-state index is -0.136. The predicted molar refractivity (Wildman–Crippen MR) is 105 cm³/mol. The molecule has 4 rings (SSSR count). The molecule has 7 nitrogen and oxygen atoms in total. The number of nitrogens with zero attached hydrogens (tertiary/aromatic N) is 3. The van der Waals surface area contributed by atoms with E-state index in [4.69, 9.17) is 9.15 Å². The van der Waals surface area contributed by atoms with Crippen molar-refractivity contribution in [2.24, 2.45) is 5.92 Å². The zero-order valence-corrected chi connectivity index (χ0v) is 16.4. The van der Waals surface area contributed by atoms with Gasteiger partial charge in [0, 0.05) is 44.8 Å². The number of oxazole rings is 1. The van der Waals surface area contributed by atoms with Crippen molar-refractivity contribution in [3.05, 3.63) is 47.7 Å². The Morgan fingerprint density at radius 2 is 1.89 bits per heavy atom. The van der Waals surface area contributed by atoms with Gasteiger partial charge < -0.3 is 14.5 Å². The van der Waals surface area contributed by atoms with E-state index in [2.05, 4.69) is 32.2 Å². The molecule has 7 heteroatoms. The Labute approximate surface area is 165 Å². The molecule has 1 aromatic heterocycles. The van der Waals surface area contributed by atoms with Crippen LogP contribution in [-0.2, 0) is 13.1 Å². The number of amides is 1. The van der Waals surface area contributed by atoms with E-state index in [9.17, 15) is 4.79 Å². The van der Waals surface area contributed by atoms with Gasteiger partial charge in [0.25, 0.3) is 5.91 Å². The second-order valence-corrected chi connectivity index (χ2v) is 7.64. The molecular weight excluding hydrogens is 356 g/mol. The summed E-state index contributed by atoms with van der Waals surface area (Å²) >= 11 is 0. The van der Waals surface area contributed by atoms with Gasteiger partial charge in [-0.15, -0.1) is 0 Å². The quantitative estimate of drug-likeness (QED) is 0.752. The van der Waals surface area contributed by atoms with E-state index in [-0.39, 0.29) is 5.91 Å². The first-order valence-electron chi connectivity index (χ1n) is 10.0. The molecule has 0 bridgehead atoms. The molecule has 150 valence electrons. The summed E-state index contributed by atoms with van der Waals surface area (Å²) < 4.78 is 11.0. The van der Waals surface area contributed by atoms with Gasteiger partial charge in [-0.25, -0.2) is 4.98 Å². The molecule has 2 aromatic rings. The molecule has 2 aliphatic rings. The normalized spacial score (nSPS) is 18.2. The second kappa shape index (κ2) is 8.75. The maximum atomic E-state index is 12.1. The van der Waals surface area contributed by atoms with Crippen LogP contribution in [0.1, 0.15) is 34.8 Å². The third-order valence-corrected chi connectivity index (χ3v) is 5.44.